The lowest BCUT2D eigenvalue weighted by molar-refractivity contribution is 0.0986. The predicted molar refractivity (Wildman–Crippen MR) is 72.4 cm³/mol. The molecular weight excluding hydrogens is 232 g/mol. The van der Waals surface area contributed by atoms with Crippen LogP contribution in [-0.2, 0) is 4.74 Å². The number of hydrogen-bond acceptors (Lipinski definition) is 4. The Morgan fingerprint density at radius 3 is 2.76 bits per heavy atom. The van der Waals surface area contributed by atoms with E-state index in [2.05, 4.69) is 30.9 Å². The molecule has 0 radical (unpaired) electrons. The average Bonchev–Trinajstić information content (AvgIpc) is 2.88. The fourth-order valence-corrected chi connectivity index (χ4v) is 3.71. The Bertz CT molecular complexity index is 364. The molecule has 1 aromatic heterocycles. The van der Waals surface area contributed by atoms with E-state index in [9.17, 15) is 0 Å². The molecule has 1 aromatic rings. The van der Waals surface area contributed by atoms with E-state index in [0.29, 0.717) is 12.1 Å². The van der Waals surface area contributed by atoms with Gasteiger partial charge in [-0.05, 0) is 32.4 Å². The molecule has 0 spiro atoms. The van der Waals surface area contributed by atoms with Gasteiger partial charge in [0.2, 0.25) is 0 Å². The Kier molecular flexibility index (Phi) is 4.20. The van der Waals surface area contributed by atoms with Gasteiger partial charge in [-0.2, -0.15) is 0 Å². The van der Waals surface area contributed by atoms with E-state index in [1.54, 1.807) is 7.11 Å². The highest BCUT2D eigenvalue weighted by molar-refractivity contribution is 7.12. The summed E-state index contributed by atoms with van der Waals surface area (Å²) in [6.07, 6.45) is 1.49. The zero-order chi connectivity index (χ0) is 12.4. The van der Waals surface area contributed by atoms with Crippen LogP contribution in [0, 0.1) is 6.92 Å². The van der Waals surface area contributed by atoms with Gasteiger partial charge in [-0.15, -0.1) is 11.3 Å². The van der Waals surface area contributed by atoms with Crippen LogP contribution in [0.4, 0.5) is 0 Å². The highest BCUT2D eigenvalue weighted by atomic mass is 32.1. The van der Waals surface area contributed by atoms with Crippen molar-refractivity contribution in [2.24, 2.45) is 5.73 Å². The molecule has 0 aromatic carbocycles. The van der Waals surface area contributed by atoms with E-state index in [4.69, 9.17) is 10.5 Å². The molecule has 3 nitrogen and oxygen atoms in total. The first-order valence-corrected chi connectivity index (χ1v) is 7.02. The normalized spacial score (nSPS) is 25.1. The summed E-state index contributed by atoms with van der Waals surface area (Å²) in [5, 5.41) is 0. The van der Waals surface area contributed by atoms with Gasteiger partial charge in [-0.3, -0.25) is 4.90 Å². The fourth-order valence-electron chi connectivity index (χ4n) is 2.58. The molecule has 0 bridgehead atoms. The molecule has 3 unspecified atom stereocenters. The van der Waals surface area contributed by atoms with Crippen molar-refractivity contribution in [3.63, 3.8) is 0 Å². The molecule has 1 saturated heterocycles. The first-order valence-electron chi connectivity index (χ1n) is 6.20. The highest BCUT2D eigenvalue weighted by Crippen LogP contribution is 2.32. The second-order valence-electron chi connectivity index (χ2n) is 4.89. The van der Waals surface area contributed by atoms with Gasteiger partial charge in [-0.1, -0.05) is 0 Å². The summed E-state index contributed by atoms with van der Waals surface area (Å²) in [5.74, 6) is 0. The maximum Gasteiger partial charge on any atom is 0.0710 e. The topological polar surface area (TPSA) is 38.5 Å². The average molecular weight is 254 g/mol. The summed E-state index contributed by atoms with van der Waals surface area (Å²) >= 11 is 1.86. The van der Waals surface area contributed by atoms with Gasteiger partial charge in [-0.25, -0.2) is 0 Å². The Labute approximate surface area is 108 Å². The molecule has 1 aliphatic rings. The minimum Gasteiger partial charge on any atom is -0.380 e. The van der Waals surface area contributed by atoms with Crippen molar-refractivity contribution in [2.45, 2.75) is 38.5 Å². The lowest BCUT2D eigenvalue weighted by Gasteiger charge is -2.30. The largest absolute Gasteiger partial charge is 0.380 e. The molecule has 2 heterocycles. The minimum atomic E-state index is 0.156. The Morgan fingerprint density at radius 2 is 2.29 bits per heavy atom. The summed E-state index contributed by atoms with van der Waals surface area (Å²) in [6.45, 7) is 6.33. The van der Waals surface area contributed by atoms with Crippen molar-refractivity contribution in [1.82, 2.24) is 4.90 Å². The maximum absolute atomic E-state index is 6.17. The second kappa shape index (κ2) is 5.48. The van der Waals surface area contributed by atoms with Crippen molar-refractivity contribution >= 4 is 11.3 Å². The maximum atomic E-state index is 6.17. The molecule has 1 fully saturated rings. The van der Waals surface area contributed by atoms with Gasteiger partial charge in [0.25, 0.3) is 0 Å². The summed E-state index contributed by atoms with van der Waals surface area (Å²) in [4.78, 5) is 5.20. The van der Waals surface area contributed by atoms with Crippen LogP contribution in [0.2, 0.25) is 0 Å². The first kappa shape index (κ1) is 13.0. The zero-order valence-corrected chi connectivity index (χ0v) is 11.7. The molecule has 0 amide bonds. The van der Waals surface area contributed by atoms with Crippen LogP contribution in [-0.4, -0.2) is 37.2 Å². The second-order valence-corrected chi connectivity index (χ2v) is 6.21. The third-order valence-electron chi connectivity index (χ3n) is 3.45. The van der Waals surface area contributed by atoms with Crippen molar-refractivity contribution in [3.8, 4) is 0 Å². The lowest BCUT2D eigenvalue weighted by atomic mass is 10.1. The van der Waals surface area contributed by atoms with Crippen LogP contribution < -0.4 is 5.73 Å². The number of aryl methyl sites for hydroxylation is 1. The van der Waals surface area contributed by atoms with E-state index in [1.807, 2.05) is 11.3 Å². The van der Waals surface area contributed by atoms with Crippen molar-refractivity contribution in [3.05, 3.63) is 21.9 Å². The molecule has 0 aliphatic carbocycles. The molecule has 4 heteroatoms. The van der Waals surface area contributed by atoms with Crippen molar-refractivity contribution in [2.75, 3.05) is 20.2 Å². The highest BCUT2D eigenvalue weighted by Gasteiger charge is 2.31. The first-order chi connectivity index (χ1) is 8.11. The Hall–Kier alpha value is -0.420. The van der Waals surface area contributed by atoms with Gasteiger partial charge < -0.3 is 10.5 Å². The minimum absolute atomic E-state index is 0.156. The van der Waals surface area contributed by atoms with E-state index < -0.39 is 0 Å². The predicted octanol–water partition coefficient (Wildman–Crippen LogP) is 2.17. The van der Waals surface area contributed by atoms with Crippen LogP contribution in [0.1, 0.15) is 29.1 Å². The summed E-state index contributed by atoms with van der Waals surface area (Å²) in [7, 11) is 1.80. The Morgan fingerprint density at radius 1 is 1.53 bits per heavy atom. The third kappa shape index (κ3) is 2.88. The summed E-state index contributed by atoms with van der Waals surface area (Å²) in [6, 6.07) is 4.89. The number of thiophene rings is 1. The van der Waals surface area contributed by atoms with Gasteiger partial charge in [0, 0.05) is 36.0 Å². The van der Waals surface area contributed by atoms with Crippen LogP contribution in [0.5, 0.6) is 0 Å². The number of hydrogen-bond donors (Lipinski definition) is 1. The van der Waals surface area contributed by atoms with E-state index in [-0.39, 0.29) is 6.04 Å². The number of ether oxygens (including phenoxy) is 1. The van der Waals surface area contributed by atoms with E-state index in [0.717, 1.165) is 19.5 Å². The van der Waals surface area contributed by atoms with Gasteiger partial charge in [0.05, 0.1) is 12.1 Å². The zero-order valence-electron chi connectivity index (χ0n) is 10.8. The SMILES string of the molecule is COC1CCN(C(c2ccc(C)s2)C(C)N)C1. The quantitative estimate of drug-likeness (QED) is 0.895. The number of methoxy groups -OCH3 is 1. The molecule has 2 N–H and O–H groups in total. The van der Waals surface area contributed by atoms with E-state index >= 15 is 0 Å². The number of nitrogens with zero attached hydrogens (tertiary/aromatic N) is 1. The number of nitrogens with two attached hydrogens (primary N) is 1. The summed E-state index contributed by atoms with van der Waals surface area (Å²) in [5.41, 5.74) is 6.17. The van der Waals surface area contributed by atoms with Crippen molar-refractivity contribution < 1.29 is 4.74 Å². The molecule has 3 atom stereocenters. The van der Waals surface area contributed by atoms with Gasteiger partial charge in [0.1, 0.15) is 0 Å². The van der Waals surface area contributed by atoms with Crippen molar-refractivity contribution in [1.29, 1.82) is 0 Å². The standard InChI is InChI=1S/C13H22N2OS/c1-9-4-5-12(17-9)13(10(2)14)15-7-6-11(8-15)16-3/h4-5,10-11,13H,6-8,14H2,1-3H3. The number of rotatable bonds is 4. The smallest absolute Gasteiger partial charge is 0.0710 e. The van der Waals surface area contributed by atoms with Crippen LogP contribution >= 0.6 is 11.3 Å². The van der Waals surface area contributed by atoms with Crippen LogP contribution in [0.3, 0.4) is 0 Å². The van der Waals surface area contributed by atoms with Crippen LogP contribution in [0.15, 0.2) is 12.1 Å². The fraction of sp³-hybridized carbons (Fsp3) is 0.692. The molecule has 2 rings (SSSR count). The summed E-state index contributed by atoms with van der Waals surface area (Å²) < 4.78 is 5.43. The van der Waals surface area contributed by atoms with E-state index in [1.165, 1.54) is 9.75 Å². The third-order valence-corrected chi connectivity index (χ3v) is 4.53. The van der Waals surface area contributed by atoms with Gasteiger partial charge in [0.15, 0.2) is 0 Å². The lowest BCUT2D eigenvalue weighted by Crippen LogP contribution is -2.38. The molecule has 96 valence electrons. The molecule has 0 saturated carbocycles. The Balaban J connectivity index is 2.13. The molecule has 17 heavy (non-hydrogen) atoms. The monoisotopic (exact) mass is 254 g/mol. The molecule has 1 aliphatic heterocycles. The molecular formula is C13H22N2OS. The van der Waals surface area contributed by atoms with Crippen LogP contribution in [0.25, 0.3) is 0 Å². The van der Waals surface area contributed by atoms with Gasteiger partial charge >= 0.3 is 0 Å². The number of likely N-dealkylation sites (tertiary alicyclic amines) is 1.